The molecule has 0 bridgehead atoms. The van der Waals surface area contributed by atoms with E-state index < -0.39 is 0 Å². The van der Waals surface area contributed by atoms with Gasteiger partial charge in [-0.1, -0.05) is 0 Å². The Balaban J connectivity index is 2.25. The fourth-order valence-electron chi connectivity index (χ4n) is 1.91. The number of hydrogen-bond donors (Lipinski definition) is 0. The standard InChI is InChI=1S/C14H16N2OS/c1-9-5-6-12(18-9)7-8-13(17)14-10(2)15-16(4)11(14)3/h5-8H,1-4H3/b8-7+. The highest BCUT2D eigenvalue weighted by Crippen LogP contribution is 2.18. The number of nitrogens with zero attached hydrogens (tertiary/aromatic N) is 2. The molecule has 0 N–H and O–H groups in total. The first-order valence-electron chi connectivity index (χ1n) is 5.78. The molecule has 0 saturated carbocycles. The average molecular weight is 260 g/mol. The summed E-state index contributed by atoms with van der Waals surface area (Å²) in [5.41, 5.74) is 2.40. The van der Waals surface area contributed by atoms with Crippen LogP contribution >= 0.6 is 11.3 Å². The van der Waals surface area contributed by atoms with Crippen LogP contribution in [-0.2, 0) is 7.05 Å². The molecule has 0 aromatic carbocycles. The summed E-state index contributed by atoms with van der Waals surface area (Å²) in [6.07, 6.45) is 3.49. The van der Waals surface area contributed by atoms with Gasteiger partial charge in [0.1, 0.15) is 0 Å². The summed E-state index contributed by atoms with van der Waals surface area (Å²) in [6.45, 7) is 5.83. The molecule has 94 valence electrons. The lowest BCUT2D eigenvalue weighted by Crippen LogP contribution is -1.99. The van der Waals surface area contributed by atoms with Crippen LogP contribution in [0.1, 0.15) is 31.5 Å². The Labute approximate surface area is 111 Å². The van der Waals surface area contributed by atoms with Crippen LogP contribution in [-0.4, -0.2) is 15.6 Å². The van der Waals surface area contributed by atoms with Gasteiger partial charge in [0.05, 0.1) is 11.3 Å². The van der Waals surface area contributed by atoms with Crippen molar-refractivity contribution in [2.24, 2.45) is 7.05 Å². The molecule has 2 aromatic heterocycles. The molecule has 0 aliphatic carbocycles. The lowest BCUT2D eigenvalue weighted by atomic mass is 10.1. The Morgan fingerprint density at radius 1 is 1.33 bits per heavy atom. The summed E-state index contributed by atoms with van der Waals surface area (Å²) < 4.78 is 1.74. The molecule has 4 heteroatoms. The van der Waals surface area contributed by atoms with Crippen molar-refractivity contribution < 1.29 is 4.79 Å². The van der Waals surface area contributed by atoms with Crippen LogP contribution in [0.25, 0.3) is 6.08 Å². The maximum atomic E-state index is 12.1. The number of aryl methyl sites for hydroxylation is 3. The number of allylic oxidation sites excluding steroid dienone is 1. The highest BCUT2D eigenvalue weighted by atomic mass is 32.1. The molecule has 18 heavy (non-hydrogen) atoms. The van der Waals surface area contributed by atoms with Crippen molar-refractivity contribution in [2.75, 3.05) is 0 Å². The predicted molar refractivity (Wildman–Crippen MR) is 75.1 cm³/mol. The second-order valence-corrected chi connectivity index (χ2v) is 5.63. The summed E-state index contributed by atoms with van der Waals surface area (Å²) in [6, 6.07) is 4.07. The van der Waals surface area contributed by atoms with E-state index in [1.807, 2.05) is 33.0 Å². The van der Waals surface area contributed by atoms with Gasteiger partial charge in [-0.15, -0.1) is 11.3 Å². The lowest BCUT2D eigenvalue weighted by Gasteiger charge is -1.96. The molecule has 0 aliphatic heterocycles. The number of carbonyl (C=O) groups excluding carboxylic acids is 1. The molecule has 0 saturated heterocycles. The van der Waals surface area contributed by atoms with E-state index in [2.05, 4.69) is 18.1 Å². The zero-order valence-corrected chi connectivity index (χ0v) is 11.8. The average Bonchev–Trinajstić information content (AvgIpc) is 2.82. The predicted octanol–water partition coefficient (Wildman–Crippen LogP) is 3.30. The highest BCUT2D eigenvalue weighted by molar-refractivity contribution is 7.12. The van der Waals surface area contributed by atoms with Crippen LogP contribution in [0, 0.1) is 20.8 Å². The van der Waals surface area contributed by atoms with Crippen molar-refractivity contribution in [2.45, 2.75) is 20.8 Å². The van der Waals surface area contributed by atoms with Gasteiger partial charge in [-0.3, -0.25) is 9.48 Å². The van der Waals surface area contributed by atoms with E-state index in [0.717, 1.165) is 16.3 Å². The number of hydrogen-bond acceptors (Lipinski definition) is 3. The minimum absolute atomic E-state index is 0.0177. The van der Waals surface area contributed by atoms with Gasteiger partial charge in [-0.05, 0) is 45.1 Å². The molecule has 2 rings (SSSR count). The SMILES string of the molecule is Cc1ccc(/C=C/C(=O)c2c(C)nn(C)c2C)s1. The highest BCUT2D eigenvalue weighted by Gasteiger charge is 2.14. The third-order valence-electron chi connectivity index (χ3n) is 2.92. The smallest absolute Gasteiger partial charge is 0.189 e. The number of carbonyl (C=O) groups is 1. The van der Waals surface area contributed by atoms with Crippen molar-refractivity contribution in [3.8, 4) is 0 Å². The molecular weight excluding hydrogens is 244 g/mol. The zero-order chi connectivity index (χ0) is 13.3. The first-order chi connectivity index (χ1) is 8.49. The fourth-order valence-corrected chi connectivity index (χ4v) is 2.69. The second kappa shape index (κ2) is 4.90. The summed E-state index contributed by atoms with van der Waals surface area (Å²) in [5.74, 6) is 0.0177. The summed E-state index contributed by atoms with van der Waals surface area (Å²) >= 11 is 1.68. The quantitative estimate of drug-likeness (QED) is 0.627. The molecule has 0 amide bonds. The first-order valence-corrected chi connectivity index (χ1v) is 6.59. The molecule has 0 spiro atoms. The third-order valence-corrected chi connectivity index (χ3v) is 3.88. The molecule has 0 unspecified atom stereocenters. The van der Waals surface area contributed by atoms with Crippen molar-refractivity contribution >= 4 is 23.2 Å². The first kappa shape index (κ1) is 12.8. The molecule has 0 atom stereocenters. The Bertz CT molecular complexity index is 620. The topological polar surface area (TPSA) is 34.9 Å². The van der Waals surface area contributed by atoms with Crippen molar-refractivity contribution in [3.63, 3.8) is 0 Å². The van der Waals surface area contributed by atoms with E-state index in [0.29, 0.717) is 5.56 Å². The van der Waals surface area contributed by atoms with E-state index in [1.54, 1.807) is 22.1 Å². The third kappa shape index (κ3) is 2.43. The van der Waals surface area contributed by atoms with Gasteiger partial charge in [0.2, 0.25) is 0 Å². The Morgan fingerprint density at radius 2 is 2.06 bits per heavy atom. The minimum Gasteiger partial charge on any atom is -0.289 e. The van der Waals surface area contributed by atoms with Gasteiger partial charge in [-0.25, -0.2) is 0 Å². The van der Waals surface area contributed by atoms with Gasteiger partial charge < -0.3 is 0 Å². The van der Waals surface area contributed by atoms with Crippen LogP contribution in [0.5, 0.6) is 0 Å². The molecular formula is C14H16N2OS. The van der Waals surface area contributed by atoms with E-state index in [1.165, 1.54) is 4.88 Å². The van der Waals surface area contributed by atoms with Crippen molar-refractivity contribution in [1.29, 1.82) is 0 Å². The molecule has 0 aliphatic rings. The van der Waals surface area contributed by atoms with Gasteiger partial charge >= 0.3 is 0 Å². The number of ketones is 1. The second-order valence-electron chi connectivity index (χ2n) is 4.32. The van der Waals surface area contributed by atoms with Crippen LogP contribution in [0.4, 0.5) is 0 Å². The van der Waals surface area contributed by atoms with Gasteiger partial charge in [0, 0.05) is 22.5 Å². The number of thiophene rings is 1. The number of rotatable bonds is 3. The van der Waals surface area contributed by atoms with E-state index in [-0.39, 0.29) is 5.78 Å². The fraction of sp³-hybridized carbons (Fsp3) is 0.286. The summed E-state index contributed by atoms with van der Waals surface area (Å²) in [5, 5.41) is 4.26. The van der Waals surface area contributed by atoms with Crippen LogP contribution in [0.2, 0.25) is 0 Å². The largest absolute Gasteiger partial charge is 0.289 e. The number of aromatic nitrogens is 2. The Hall–Kier alpha value is -1.68. The molecule has 3 nitrogen and oxygen atoms in total. The monoisotopic (exact) mass is 260 g/mol. The summed E-state index contributed by atoms with van der Waals surface area (Å²) in [4.78, 5) is 14.5. The molecule has 0 radical (unpaired) electrons. The van der Waals surface area contributed by atoms with Crippen LogP contribution < -0.4 is 0 Å². The van der Waals surface area contributed by atoms with Crippen molar-refractivity contribution in [1.82, 2.24) is 9.78 Å². The Morgan fingerprint density at radius 3 is 2.56 bits per heavy atom. The van der Waals surface area contributed by atoms with E-state index >= 15 is 0 Å². The Kier molecular flexibility index (Phi) is 3.48. The maximum Gasteiger partial charge on any atom is 0.189 e. The van der Waals surface area contributed by atoms with Crippen molar-refractivity contribution in [3.05, 3.63) is 44.9 Å². The van der Waals surface area contributed by atoms with Gasteiger partial charge in [-0.2, -0.15) is 5.10 Å². The molecule has 2 aromatic rings. The van der Waals surface area contributed by atoms with E-state index in [4.69, 9.17) is 0 Å². The van der Waals surface area contributed by atoms with Gasteiger partial charge in [0.25, 0.3) is 0 Å². The maximum absolute atomic E-state index is 12.1. The van der Waals surface area contributed by atoms with Gasteiger partial charge in [0.15, 0.2) is 5.78 Å². The summed E-state index contributed by atoms with van der Waals surface area (Å²) in [7, 11) is 1.85. The molecule has 0 fully saturated rings. The lowest BCUT2D eigenvalue weighted by molar-refractivity contribution is 0.104. The molecule has 2 heterocycles. The van der Waals surface area contributed by atoms with E-state index in [9.17, 15) is 4.79 Å². The van der Waals surface area contributed by atoms with Crippen LogP contribution in [0.15, 0.2) is 18.2 Å². The zero-order valence-electron chi connectivity index (χ0n) is 11.0. The normalized spacial score (nSPS) is 11.3. The van der Waals surface area contributed by atoms with Crippen LogP contribution in [0.3, 0.4) is 0 Å². The minimum atomic E-state index is 0.0177.